The molecule has 0 saturated carbocycles. The van der Waals surface area contributed by atoms with E-state index in [0.29, 0.717) is 76.6 Å². The predicted molar refractivity (Wildman–Crippen MR) is 239 cm³/mol. The molecule has 0 aliphatic carbocycles. The van der Waals surface area contributed by atoms with Gasteiger partial charge in [-0.05, 0) is 97.4 Å². The number of rotatable bonds is 12. The normalized spacial score (nSPS) is 20.0. The third-order valence-electron chi connectivity index (χ3n) is 13.4. The van der Waals surface area contributed by atoms with Crippen LogP contribution < -0.4 is 30.3 Å². The molecule has 1 unspecified atom stereocenters. The summed E-state index contributed by atoms with van der Waals surface area (Å²) in [5.41, 5.74) is 2.21. The second kappa shape index (κ2) is 18.5. The van der Waals surface area contributed by atoms with Gasteiger partial charge in [-0.15, -0.1) is 0 Å². The van der Waals surface area contributed by atoms with E-state index in [9.17, 15) is 24.4 Å². The molecular weight excluding hydrogens is 854 g/mol. The Kier molecular flexibility index (Phi) is 12.4. The van der Waals surface area contributed by atoms with Gasteiger partial charge in [-0.2, -0.15) is 18.4 Å². The fourth-order valence-corrected chi connectivity index (χ4v) is 9.65. The number of nitrogens with one attached hydrogen (secondary N) is 4. The van der Waals surface area contributed by atoms with Crippen molar-refractivity contribution in [3.8, 4) is 28.8 Å². The van der Waals surface area contributed by atoms with Gasteiger partial charge < -0.3 is 34.9 Å². The van der Waals surface area contributed by atoms with Crippen LogP contribution in [0.4, 0.5) is 24.5 Å². The SMILES string of the molecule is N#Cc1cccc2[nH]c(-c3ccccc3OC3(C(F)(F)F)CCN(C(=O)[C@H]4CC(=O)Nc5ccc(OCCNCC6CCN(c7cncc(C8CCC(=O)NC8=O)c7)CC6)cc54)CC3)cc12. The molecule has 2 atom stereocenters. The summed E-state index contributed by atoms with van der Waals surface area (Å²) in [4.78, 5) is 62.2. The van der Waals surface area contributed by atoms with E-state index in [0.717, 1.165) is 43.7 Å². The van der Waals surface area contributed by atoms with E-state index in [1.165, 1.54) is 11.0 Å². The first kappa shape index (κ1) is 44.3. The van der Waals surface area contributed by atoms with Crippen LogP contribution in [0.1, 0.15) is 73.5 Å². The molecule has 4 aliphatic heterocycles. The Balaban J connectivity index is 0.781. The van der Waals surface area contributed by atoms with Crippen molar-refractivity contribution in [3.63, 3.8) is 0 Å². The van der Waals surface area contributed by atoms with Crippen molar-refractivity contribution in [1.29, 1.82) is 5.26 Å². The minimum absolute atomic E-state index is 0.0204. The number of carbonyl (C=O) groups excluding carboxylic acids is 4. The summed E-state index contributed by atoms with van der Waals surface area (Å²) in [6.07, 6.45) is 0.289. The number of hydrogen-bond donors (Lipinski definition) is 4. The third kappa shape index (κ3) is 9.14. The Bertz CT molecular complexity index is 2700. The summed E-state index contributed by atoms with van der Waals surface area (Å²) < 4.78 is 57.3. The van der Waals surface area contributed by atoms with E-state index >= 15 is 13.2 Å². The van der Waals surface area contributed by atoms with Gasteiger partial charge in [-0.25, -0.2) is 0 Å². The molecular formula is C49H49F3N8O6. The summed E-state index contributed by atoms with van der Waals surface area (Å²) in [5, 5.41) is 19.0. The molecule has 0 radical (unpaired) electrons. The summed E-state index contributed by atoms with van der Waals surface area (Å²) in [6.45, 7) is 2.93. The van der Waals surface area contributed by atoms with E-state index < -0.39 is 36.4 Å². The Morgan fingerprint density at radius 2 is 1.73 bits per heavy atom. The lowest BCUT2D eigenvalue weighted by Crippen LogP contribution is -2.58. The van der Waals surface area contributed by atoms with Crippen LogP contribution in [0, 0.1) is 17.2 Å². The second-order valence-corrected chi connectivity index (χ2v) is 17.5. The van der Waals surface area contributed by atoms with Crippen LogP contribution in [0.5, 0.6) is 11.5 Å². The number of nitriles is 1. The quantitative estimate of drug-likeness (QED) is 0.0757. The van der Waals surface area contributed by atoms with Crippen LogP contribution in [-0.4, -0.2) is 96.1 Å². The van der Waals surface area contributed by atoms with Gasteiger partial charge in [0.15, 0.2) is 0 Å². The molecule has 66 heavy (non-hydrogen) atoms. The van der Waals surface area contributed by atoms with E-state index in [4.69, 9.17) is 9.47 Å². The smallest absolute Gasteiger partial charge is 0.428 e. The highest BCUT2D eigenvalue weighted by atomic mass is 19.4. The molecule has 3 aromatic carbocycles. The number of anilines is 2. The van der Waals surface area contributed by atoms with E-state index in [-0.39, 0.29) is 48.9 Å². The molecule has 3 saturated heterocycles. The number of alkyl halides is 3. The average molecular weight is 903 g/mol. The summed E-state index contributed by atoms with van der Waals surface area (Å²) >= 11 is 0. The zero-order chi connectivity index (χ0) is 46.0. The molecule has 14 nitrogen and oxygen atoms in total. The van der Waals surface area contributed by atoms with Crippen molar-refractivity contribution >= 4 is 45.9 Å². The van der Waals surface area contributed by atoms with Crippen LogP contribution in [0.25, 0.3) is 22.2 Å². The number of piperidine rings is 3. The molecule has 3 fully saturated rings. The minimum Gasteiger partial charge on any atom is -0.492 e. The Labute approximate surface area is 378 Å². The number of H-pyrrole nitrogens is 1. The van der Waals surface area contributed by atoms with E-state index in [1.54, 1.807) is 66.9 Å². The number of nitrogens with zero attached hydrogens (tertiary/aromatic N) is 4. The molecule has 4 aliphatic rings. The van der Waals surface area contributed by atoms with E-state index in [2.05, 4.69) is 36.9 Å². The number of halogens is 3. The number of benzene rings is 3. The van der Waals surface area contributed by atoms with Gasteiger partial charge >= 0.3 is 6.18 Å². The molecule has 342 valence electrons. The maximum absolute atomic E-state index is 15.1. The largest absolute Gasteiger partial charge is 0.492 e. The zero-order valence-corrected chi connectivity index (χ0v) is 36.1. The first-order valence-electron chi connectivity index (χ1n) is 22.3. The van der Waals surface area contributed by atoms with Crippen molar-refractivity contribution in [2.75, 3.05) is 56.1 Å². The molecule has 17 heteroatoms. The number of para-hydroxylation sites is 1. The number of pyridine rings is 1. The number of carbonyl (C=O) groups is 4. The third-order valence-corrected chi connectivity index (χ3v) is 13.4. The maximum Gasteiger partial charge on any atom is 0.428 e. The monoisotopic (exact) mass is 902 g/mol. The molecule has 0 bridgehead atoms. The Hall–Kier alpha value is -6.93. The lowest BCUT2D eigenvalue weighted by molar-refractivity contribution is -0.260. The predicted octanol–water partition coefficient (Wildman–Crippen LogP) is 6.94. The topological polar surface area (TPSA) is 182 Å². The summed E-state index contributed by atoms with van der Waals surface area (Å²) in [5.74, 6) is -1.62. The second-order valence-electron chi connectivity index (χ2n) is 17.5. The number of imide groups is 1. The highest BCUT2D eigenvalue weighted by Gasteiger charge is 2.59. The van der Waals surface area contributed by atoms with Gasteiger partial charge in [0.1, 0.15) is 18.1 Å². The lowest BCUT2D eigenvalue weighted by Gasteiger charge is -2.43. The highest BCUT2D eigenvalue weighted by molar-refractivity contribution is 6.02. The van der Waals surface area contributed by atoms with Crippen LogP contribution in [-0.2, 0) is 19.2 Å². The van der Waals surface area contributed by atoms with Gasteiger partial charge in [0.05, 0.1) is 41.0 Å². The molecule has 5 aromatic rings. The first-order valence-corrected chi connectivity index (χ1v) is 22.3. The number of fused-ring (bicyclic) bond motifs is 2. The molecule has 9 rings (SSSR count). The molecule has 6 heterocycles. The highest BCUT2D eigenvalue weighted by Crippen LogP contribution is 2.46. The molecule has 4 N–H and O–H groups in total. The van der Waals surface area contributed by atoms with Crippen molar-refractivity contribution in [1.82, 2.24) is 25.5 Å². The molecule has 2 aromatic heterocycles. The van der Waals surface area contributed by atoms with Crippen LogP contribution in [0.3, 0.4) is 0 Å². The first-order chi connectivity index (χ1) is 31.9. The number of likely N-dealkylation sites (tertiary alicyclic amines) is 1. The number of hydrogen-bond acceptors (Lipinski definition) is 10. The molecule has 4 amide bonds. The van der Waals surface area contributed by atoms with Crippen molar-refractivity contribution < 1.29 is 41.8 Å². The minimum atomic E-state index is -4.77. The Morgan fingerprint density at radius 1 is 0.924 bits per heavy atom. The lowest BCUT2D eigenvalue weighted by atomic mass is 9.86. The fourth-order valence-electron chi connectivity index (χ4n) is 9.65. The van der Waals surface area contributed by atoms with Gasteiger partial charge in [0.2, 0.25) is 29.2 Å². The fraction of sp³-hybridized carbons (Fsp3) is 0.388. The number of aromatic amines is 1. The summed E-state index contributed by atoms with van der Waals surface area (Å²) in [7, 11) is 0. The van der Waals surface area contributed by atoms with Gasteiger partial charge in [-0.3, -0.25) is 29.5 Å². The van der Waals surface area contributed by atoms with Gasteiger partial charge in [0.25, 0.3) is 0 Å². The number of ether oxygens (including phenoxy) is 2. The number of amides is 4. The summed E-state index contributed by atoms with van der Waals surface area (Å²) in [6, 6.07) is 22.7. The molecule has 0 spiro atoms. The van der Waals surface area contributed by atoms with Crippen molar-refractivity contribution in [2.45, 2.75) is 68.6 Å². The Morgan fingerprint density at radius 3 is 2.50 bits per heavy atom. The van der Waals surface area contributed by atoms with Gasteiger partial charge in [-0.1, -0.05) is 18.2 Å². The maximum atomic E-state index is 15.1. The van der Waals surface area contributed by atoms with Crippen LogP contribution in [0.2, 0.25) is 0 Å². The van der Waals surface area contributed by atoms with Crippen molar-refractivity contribution in [2.24, 2.45) is 5.92 Å². The van der Waals surface area contributed by atoms with Crippen LogP contribution in [0.15, 0.2) is 85.2 Å². The zero-order valence-electron chi connectivity index (χ0n) is 36.1. The van der Waals surface area contributed by atoms with Crippen LogP contribution >= 0.6 is 0 Å². The van der Waals surface area contributed by atoms with E-state index in [1.807, 2.05) is 12.3 Å². The van der Waals surface area contributed by atoms with Gasteiger partial charge in [0, 0.05) is 86.8 Å². The number of aromatic nitrogens is 2. The average Bonchev–Trinajstić information content (AvgIpc) is 3.76. The standard InChI is InChI=1S/C49H49F3N8O6/c50-49(51,52)48(66-43-7-2-1-5-36(43)42-24-37-31(26-53)4-3-6-40(37)56-42)14-19-60(20-15-48)47(64)39-25-45(62)57-41-10-8-34(23-38(39)41)65-21-16-54-27-30-12-17-59(18-13-30)33-22-32(28-55-29-33)35-9-11-44(61)58-46(35)63/h1-8,10,22-24,28-30,35,39,54,56H,9,11-21,25,27H2,(H,57,62)(H,58,61,63)/t35?,39-/m0/s1. The van der Waals surface area contributed by atoms with Crippen molar-refractivity contribution in [3.05, 3.63) is 102 Å².